The van der Waals surface area contributed by atoms with Gasteiger partial charge in [0.1, 0.15) is 12.1 Å². The molecule has 0 bridgehead atoms. The van der Waals surface area contributed by atoms with Crippen molar-refractivity contribution < 1.29 is 4.79 Å². The number of imidazole rings is 1. The minimum absolute atomic E-state index is 0.258. The molecular formula is C12H15N3O. The van der Waals surface area contributed by atoms with Crippen molar-refractivity contribution >= 4 is 17.3 Å². The number of carbonyl (C=O) groups excluding carboxylic acids is 1. The standard InChI is InChI=1S/C12H15N3O/c1-8-14-10-6-9(11(7-16)13-2)4-5-12(10)15(8)3/h4-7,11,13H,1-3H3. The molecule has 16 heavy (non-hydrogen) atoms. The van der Waals surface area contributed by atoms with Crippen LogP contribution in [0.5, 0.6) is 0 Å². The van der Waals surface area contributed by atoms with E-state index in [-0.39, 0.29) is 6.04 Å². The second-order valence-electron chi connectivity index (χ2n) is 3.87. The highest BCUT2D eigenvalue weighted by molar-refractivity contribution is 5.78. The van der Waals surface area contributed by atoms with Crippen LogP contribution in [0.15, 0.2) is 18.2 Å². The van der Waals surface area contributed by atoms with Gasteiger partial charge < -0.3 is 14.7 Å². The maximum atomic E-state index is 10.9. The Hall–Kier alpha value is -1.68. The fourth-order valence-electron chi connectivity index (χ4n) is 1.84. The topological polar surface area (TPSA) is 46.9 Å². The second kappa shape index (κ2) is 4.06. The monoisotopic (exact) mass is 217 g/mol. The van der Waals surface area contributed by atoms with Crippen molar-refractivity contribution in [3.63, 3.8) is 0 Å². The lowest BCUT2D eigenvalue weighted by Crippen LogP contribution is -2.17. The van der Waals surface area contributed by atoms with E-state index in [9.17, 15) is 4.79 Å². The van der Waals surface area contributed by atoms with E-state index in [2.05, 4.69) is 10.3 Å². The molecule has 0 spiro atoms. The van der Waals surface area contributed by atoms with Crippen LogP contribution >= 0.6 is 0 Å². The van der Waals surface area contributed by atoms with Gasteiger partial charge in [-0.25, -0.2) is 4.98 Å². The number of carbonyl (C=O) groups is 1. The smallest absolute Gasteiger partial charge is 0.141 e. The van der Waals surface area contributed by atoms with Gasteiger partial charge in [0, 0.05) is 7.05 Å². The normalized spacial score (nSPS) is 12.9. The van der Waals surface area contributed by atoms with E-state index in [0.29, 0.717) is 0 Å². The number of nitrogens with zero attached hydrogens (tertiary/aromatic N) is 2. The lowest BCUT2D eigenvalue weighted by Gasteiger charge is -2.08. The molecule has 0 saturated heterocycles. The van der Waals surface area contributed by atoms with E-state index in [4.69, 9.17) is 0 Å². The Morgan fingerprint density at radius 2 is 2.25 bits per heavy atom. The van der Waals surface area contributed by atoms with Gasteiger partial charge in [-0.05, 0) is 31.7 Å². The van der Waals surface area contributed by atoms with Crippen LogP contribution < -0.4 is 5.32 Å². The van der Waals surface area contributed by atoms with Crippen molar-refractivity contribution in [3.8, 4) is 0 Å². The highest BCUT2D eigenvalue weighted by Crippen LogP contribution is 2.19. The number of rotatable bonds is 3. The Morgan fingerprint density at radius 1 is 1.50 bits per heavy atom. The molecule has 1 aromatic heterocycles. The quantitative estimate of drug-likeness (QED) is 0.789. The van der Waals surface area contributed by atoms with E-state index in [1.54, 1.807) is 7.05 Å². The third-order valence-corrected chi connectivity index (χ3v) is 2.93. The molecule has 0 radical (unpaired) electrons. The number of nitrogens with one attached hydrogen (secondary N) is 1. The van der Waals surface area contributed by atoms with Crippen LogP contribution in [-0.4, -0.2) is 22.9 Å². The van der Waals surface area contributed by atoms with Crippen molar-refractivity contribution in [1.82, 2.24) is 14.9 Å². The van der Waals surface area contributed by atoms with Gasteiger partial charge in [-0.2, -0.15) is 0 Å². The van der Waals surface area contributed by atoms with Gasteiger partial charge in [0.05, 0.1) is 17.1 Å². The number of aryl methyl sites for hydroxylation is 2. The molecule has 1 N–H and O–H groups in total. The van der Waals surface area contributed by atoms with Crippen LogP contribution in [0.1, 0.15) is 17.4 Å². The molecule has 0 aliphatic carbocycles. The van der Waals surface area contributed by atoms with Gasteiger partial charge in [-0.1, -0.05) is 6.07 Å². The number of likely N-dealkylation sites (N-methyl/N-ethyl adjacent to an activating group) is 1. The number of hydrogen-bond donors (Lipinski definition) is 1. The fourth-order valence-corrected chi connectivity index (χ4v) is 1.84. The molecule has 0 aliphatic heterocycles. The molecular weight excluding hydrogens is 202 g/mol. The third-order valence-electron chi connectivity index (χ3n) is 2.93. The summed E-state index contributed by atoms with van der Waals surface area (Å²) in [5.74, 6) is 0.972. The first-order valence-electron chi connectivity index (χ1n) is 5.23. The Balaban J connectivity index is 2.56. The molecule has 4 heteroatoms. The summed E-state index contributed by atoms with van der Waals surface area (Å²) >= 11 is 0. The summed E-state index contributed by atoms with van der Waals surface area (Å²) in [6, 6.07) is 5.65. The maximum absolute atomic E-state index is 10.9. The van der Waals surface area contributed by atoms with Crippen molar-refractivity contribution in [2.45, 2.75) is 13.0 Å². The molecule has 0 amide bonds. The number of aromatic nitrogens is 2. The van der Waals surface area contributed by atoms with Crippen LogP contribution in [0, 0.1) is 6.92 Å². The molecule has 1 unspecified atom stereocenters. The number of aldehydes is 1. The van der Waals surface area contributed by atoms with Crippen LogP contribution in [0.3, 0.4) is 0 Å². The average Bonchev–Trinajstić information content (AvgIpc) is 2.56. The molecule has 0 fully saturated rings. The maximum Gasteiger partial charge on any atom is 0.141 e. The van der Waals surface area contributed by atoms with Gasteiger partial charge in [0.2, 0.25) is 0 Å². The summed E-state index contributed by atoms with van der Waals surface area (Å²) < 4.78 is 2.04. The van der Waals surface area contributed by atoms with Crippen LogP contribution in [0.2, 0.25) is 0 Å². The SMILES string of the molecule is CNC(C=O)c1ccc2c(c1)nc(C)n2C. The predicted octanol–water partition coefficient (Wildman–Crippen LogP) is 1.34. The number of benzene rings is 1. The molecule has 4 nitrogen and oxygen atoms in total. The van der Waals surface area contributed by atoms with Crippen molar-refractivity contribution in [1.29, 1.82) is 0 Å². The summed E-state index contributed by atoms with van der Waals surface area (Å²) in [7, 11) is 3.76. The predicted molar refractivity (Wildman–Crippen MR) is 63.3 cm³/mol. The van der Waals surface area contributed by atoms with E-state index in [1.165, 1.54) is 0 Å². The van der Waals surface area contributed by atoms with Crippen molar-refractivity contribution in [2.24, 2.45) is 7.05 Å². The third kappa shape index (κ3) is 1.61. The summed E-state index contributed by atoms with van der Waals surface area (Å²) in [5.41, 5.74) is 2.96. The Kier molecular flexibility index (Phi) is 2.75. The minimum atomic E-state index is -0.258. The summed E-state index contributed by atoms with van der Waals surface area (Å²) in [6.07, 6.45) is 0.900. The average molecular weight is 217 g/mol. The lowest BCUT2D eigenvalue weighted by molar-refractivity contribution is -0.109. The van der Waals surface area contributed by atoms with Crippen LogP contribution in [-0.2, 0) is 11.8 Å². The van der Waals surface area contributed by atoms with Gasteiger partial charge in [-0.3, -0.25) is 0 Å². The summed E-state index contributed by atoms with van der Waals surface area (Å²) in [4.78, 5) is 15.3. The molecule has 2 aromatic rings. The Bertz CT molecular complexity index is 530. The van der Waals surface area contributed by atoms with Gasteiger partial charge in [0.15, 0.2) is 0 Å². The molecule has 1 atom stereocenters. The van der Waals surface area contributed by atoms with E-state index < -0.39 is 0 Å². The molecule has 1 aromatic carbocycles. The number of hydrogen-bond acceptors (Lipinski definition) is 3. The van der Waals surface area contributed by atoms with Crippen LogP contribution in [0.25, 0.3) is 11.0 Å². The molecule has 1 heterocycles. The zero-order chi connectivity index (χ0) is 11.7. The second-order valence-corrected chi connectivity index (χ2v) is 3.87. The van der Waals surface area contributed by atoms with Gasteiger partial charge >= 0.3 is 0 Å². The highest BCUT2D eigenvalue weighted by Gasteiger charge is 2.10. The minimum Gasteiger partial charge on any atom is -0.331 e. The molecule has 0 aliphatic rings. The molecule has 0 saturated carbocycles. The van der Waals surface area contributed by atoms with Gasteiger partial charge in [-0.15, -0.1) is 0 Å². The largest absolute Gasteiger partial charge is 0.331 e. The zero-order valence-corrected chi connectivity index (χ0v) is 9.69. The molecule has 84 valence electrons. The Labute approximate surface area is 94.3 Å². The van der Waals surface area contributed by atoms with E-state index in [1.807, 2.05) is 36.7 Å². The fraction of sp³-hybridized carbons (Fsp3) is 0.333. The zero-order valence-electron chi connectivity index (χ0n) is 9.69. The first-order chi connectivity index (χ1) is 7.67. The first kappa shape index (κ1) is 10.8. The van der Waals surface area contributed by atoms with Crippen molar-refractivity contribution in [2.75, 3.05) is 7.05 Å². The lowest BCUT2D eigenvalue weighted by atomic mass is 10.1. The van der Waals surface area contributed by atoms with Crippen molar-refractivity contribution in [3.05, 3.63) is 29.6 Å². The summed E-state index contributed by atoms with van der Waals surface area (Å²) in [6.45, 7) is 1.97. The summed E-state index contributed by atoms with van der Waals surface area (Å²) in [5, 5.41) is 2.95. The highest BCUT2D eigenvalue weighted by atomic mass is 16.1. The first-order valence-corrected chi connectivity index (χ1v) is 5.23. The van der Waals surface area contributed by atoms with E-state index in [0.717, 1.165) is 28.7 Å². The Morgan fingerprint density at radius 3 is 2.88 bits per heavy atom. The van der Waals surface area contributed by atoms with E-state index >= 15 is 0 Å². The van der Waals surface area contributed by atoms with Gasteiger partial charge in [0.25, 0.3) is 0 Å². The number of fused-ring (bicyclic) bond motifs is 1. The van der Waals surface area contributed by atoms with Crippen LogP contribution in [0.4, 0.5) is 0 Å². The molecule has 2 rings (SSSR count).